The molecule has 4 nitrogen and oxygen atoms in total. The van der Waals surface area contributed by atoms with Crippen LogP contribution in [-0.4, -0.2) is 49.3 Å². The summed E-state index contributed by atoms with van der Waals surface area (Å²) in [6, 6.07) is 15.7. The molecule has 0 radical (unpaired) electrons. The van der Waals surface area contributed by atoms with E-state index in [1.54, 1.807) is 18.9 Å². The highest BCUT2D eigenvalue weighted by Gasteiger charge is 2.28. The number of carbonyl (C=O) groups is 1. The van der Waals surface area contributed by atoms with Gasteiger partial charge in [-0.3, -0.25) is 4.79 Å². The first-order valence-corrected chi connectivity index (χ1v) is 10.5. The Kier molecular flexibility index (Phi) is 6.91. The lowest BCUT2D eigenvalue weighted by Gasteiger charge is -2.37. The summed E-state index contributed by atoms with van der Waals surface area (Å²) in [6.07, 6.45) is 0.804. The standard InChI is InChI=1S/C21H25ClN2O2S/c1-3-20(27-17-10-8-16(22)9-11-17)21(25)24-14-12-23(13-15-24)18-6-4-5-7-19(18)26-2/h4-11,20H,3,12-15H2,1-2H3/t20-/m0/s1. The van der Waals surface area contributed by atoms with E-state index in [4.69, 9.17) is 16.3 Å². The molecule has 2 aromatic carbocycles. The fourth-order valence-corrected chi connectivity index (χ4v) is 4.41. The third kappa shape index (κ3) is 4.90. The average Bonchev–Trinajstić information content (AvgIpc) is 2.73. The van der Waals surface area contributed by atoms with Gasteiger partial charge in [-0.2, -0.15) is 0 Å². The van der Waals surface area contributed by atoms with Crippen molar-refractivity contribution < 1.29 is 9.53 Å². The van der Waals surface area contributed by atoms with Crippen LogP contribution in [0.4, 0.5) is 5.69 Å². The molecular weight excluding hydrogens is 380 g/mol. The van der Waals surface area contributed by atoms with Gasteiger partial charge in [0.15, 0.2) is 0 Å². The van der Waals surface area contributed by atoms with Crippen LogP contribution in [0.2, 0.25) is 5.02 Å². The summed E-state index contributed by atoms with van der Waals surface area (Å²) in [5, 5.41) is 0.648. The van der Waals surface area contributed by atoms with Crippen LogP contribution < -0.4 is 9.64 Å². The van der Waals surface area contributed by atoms with Crippen molar-refractivity contribution >= 4 is 35.0 Å². The number of hydrogen-bond donors (Lipinski definition) is 0. The summed E-state index contributed by atoms with van der Waals surface area (Å²) in [6.45, 7) is 5.15. The predicted molar refractivity (Wildman–Crippen MR) is 113 cm³/mol. The van der Waals surface area contributed by atoms with Gasteiger partial charge < -0.3 is 14.5 Å². The van der Waals surface area contributed by atoms with Crippen molar-refractivity contribution in [2.75, 3.05) is 38.2 Å². The summed E-state index contributed by atoms with van der Waals surface area (Å²) >= 11 is 7.57. The van der Waals surface area contributed by atoms with Gasteiger partial charge in [0.05, 0.1) is 18.0 Å². The van der Waals surface area contributed by atoms with Crippen molar-refractivity contribution in [2.24, 2.45) is 0 Å². The Morgan fingerprint density at radius 3 is 2.41 bits per heavy atom. The van der Waals surface area contributed by atoms with E-state index in [-0.39, 0.29) is 11.2 Å². The second-order valence-corrected chi connectivity index (χ2v) is 8.17. The summed E-state index contributed by atoms with van der Waals surface area (Å²) in [7, 11) is 1.69. The number of para-hydroxylation sites is 2. The van der Waals surface area contributed by atoms with E-state index in [0.29, 0.717) is 5.02 Å². The second kappa shape index (κ2) is 9.38. The van der Waals surface area contributed by atoms with Crippen molar-refractivity contribution in [1.29, 1.82) is 0 Å². The van der Waals surface area contributed by atoms with E-state index >= 15 is 0 Å². The van der Waals surface area contributed by atoms with Gasteiger partial charge in [-0.25, -0.2) is 0 Å². The highest BCUT2D eigenvalue weighted by molar-refractivity contribution is 8.00. The zero-order chi connectivity index (χ0) is 19.2. The van der Waals surface area contributed by atoms with E-state index in [2.05, 4.69) is 17.9 Å². The molecule has 144 valence electrons. The first-order chi connectivity index (χ1) is 13.1. The molecule has 1 amide bonds. The molecule has 3 rings (SSSR count). The molecule has 0 aliphatic carbocycles. The molecule has 0 unspecified atom stereocenters. The Morgan fingerprint density at radius 1 is 1.11 bits per heavy atom. The molecule has 27 heavy (non-hydrogen) atoms. The number of ether oxygens (including phenoxy) is 1. The van der Waals surface area contributed by atoms with Crippen LogP contribution in [0.3, 0.4) is 0 Å². The quantitative estimate of drug-likeness (QED) is 0.660. The smallest absolute Gasteiger partial charge is 0.236 e. The fraction of sp³-hybridized carbons (Fsp3) is 0.381. The lowest BCUT2D eigenvalue weighted by Crippen LogP contribution is -2.51. The van der Waals surface area contributed by atoms with Crippen LogP contribution in [0.5, 0.6) is 5.75 Å². The molecule has 2 aromatic rings. The molecular formula is C21H25ClN2O2S. The highest BCUT2D eigenvalue weighted by Crippen LogP contribution is 2.30. The molecule has 1 aliphatic rings. The number of amides is 1. The van der Waals surface area contributed by atoms with Crippen LogP contribution >= 0.6 is 23.4 Å². The van der Waals surface area contributed by atoms with E-state index < -0.39 is 0 Å². The molecule has 0 spiro atoms. The molecule has 0 N–H and O–H groups in total. The number of hydrogen-bond acceptors (Lipinski definition) is 4. The lowest BCUT2D eigenvalue weighted by atomic mass is 10.2. The number of halogens is 1. The monoisotopic (exact) mass is 404 g/mol. The summed E-state index contributed by atoms with van der Waals surface area (Å²) in [4.78, 5) is 18.4. The van der Waals surface area contributed by atoms with Gasteiger partial charge in [-0.05, 0) is 42.8 Å². The summed E-state index contributed by atoms with van der Waals surface area (Å²) in [5.74, 6) is 1.10. The Morgan fingerprint density at radius 2 is 1.78 bits per heavy atom. The minimum Gasteiger partial charge on any atom is -0.495 e. The second-order valence-electron chi connectivity index (χ2n) is 6.45. The van der Waals surface area contributed by atoms with Crippen molar-refractivity contribution in [3.8, 4) is 5.75 Å². The lowest BCUT2D eigenvalue weighted by molar-refractivity contribution is -0.130. The number of anilines is 1. The normalized spacial score (nSPS) is 15.5. The Balaban J connectivity index is 1.60. The van der Waals surface area contributed by atoms with Crippen molar-refractivity contribution in [1.82, 2.24) is 4.90 Å². The Labute approximate surface area is 170 Å². The number of methoxy groups -OCH3 is 1. The molecule has 6 heteroatoms. The zero-order valence-electron chi connectivity index (χ0n) is 15.7. The molecule has 1 saturated heterocycles. The SMILES string of the molecule is CC[C@H](Sc1ccc(Cl)cc1)C(=O)N1CCN(c2ccccc2OC)CC1. The summed E-state index contributed by atoms with van der Waals surface area (Å²) < 4.78 is 5.47. The van der Waals surface area contributed by atoms with Gasteiger partial charge in [-0.1, -0.05) is 30.7 Å². The van der Waals surface area contributed by atoms with E-state index in [1.165, 1.54) is 0 Å². The van der Waals surface area contributed by atoms with Gasteiger partial charge >= 0.3 is 0 Å². The minimum absolute atomic E-state index is 0.0658. The minimum atomic E-state index is -0.0658. The number of benzene rings is 2. The highest BCUT2D eigenvalue weighted by atomic mass is 35.5. The average molecular weight is 405 g/mol. The maximum absolute atomic E-state index is 13.0. The first-order valence-electron chi connectivity index (χ1n) is 9.21. The maximum atomic E-state index is 13.0. The number of nitrogens with zero attached hydrogens (tertiary/aromatic N) is 2. The largest absolute Gasteiger partial charge is 0.495 e. The molecule has 0 bridgehead atoms. The molecule has 1 fully saturated rings. The number of carbonyl (C=O) groups excluding carboxylic acids is 1. The number of piperazine rings is 1. The molecule has 1 atom stereocenters. The topological polar surface area (TPSA) is 32.8 Å². The van der Waals surface area contributed by atoms with Crippen LogP contribution in [0, 0.1) is 0 Å². The van der Waals surface area contributed by atoms with Crippen LogP contribution in [0.25, 0.3) is 0 Å². The Hall–Kier alpha value is -1.85. The fourth-order valence-electron chi connectivity index (χ4n) is 3.25. The number of rotatable bonds is 6. The molecule has 1 heterocycles. The van der Waals surface area contributed by atoms with Gasteiger partial charge in [0.25, 0.3) is 0 Å². The number of thioether (sulfide) groups is 1. The van der Waals surface area contributed by atoms with Gasteiger partial charge in [-0.15, -0.1) is 11.8 Å². The molecule has 1 aliphatic heterocycles. The van der Waals surface area contributed by atoms with Crippen molar-refractivity contribution in [2.45, 2.75) is 23.5 Å². The summed E-state index contributed by atoms with van der Waals surface area (Å²) in [5.41, 5.74) is 1.09. The molecule has 0 aromatic heterocycles. The van der Waals surface area contributed by atoms with E-state index in [0.717, 1.165) is 48.9 Å². The van der Waals surface area contributed by atoms with Gasteiger partial charge in [0.1, 0.15) is 5.75 Å². The van der Waals surface area contributed by atoms with E-state index in [9.17, 15) is 4.79 Å². The Bertz CT molecular complexity index is 761. The van der Waals surface area contributed by atoms with Gasteiger partial charge in [0.2, 0.25) is 5.91 Å². The van der Waals surface area contributed by atoms with E-state index in [1.807, 2.05) is 47.4 Å². The van der Waals surface area contributed by atoms with Crippen LogP contribution in [0.1, 0.15) is 13.3 Å². The van der Waals surface area contributed by atoms with Crippen molar-refractivity contribution in [3.63, 3.8) is 0 Å². The third-order valence-electron chi connectivity index (χ3n) is 4.76. The zero-order valence-corrected chi connectivity index (χ0v) is 17.3. The molecule has 0 saturated carbocycles. The first kappa shape index (κ1) is 19.9. The maximum Gasteiger partial charge on any atom is 0.236 e. The third-order valence-corrected chi connectivity index (χ3v) is 6.37. The van der Waals surface area contributed by atoms with Crippen molar-refractivity contribution in [3.05, 3.63) is 53.6 Å². The van der Waals surface area contributed by atoms with Crippen LogP contribution in [-0.2, 0) is 4.79 Å². The van der Waals surface area contributed by atoms with Crippen LogP contribution in [0.15, 0.2) is 53.4 Å². The predicted octanol–water partition coefficient (Wildman–Crippen LogP) is 4.57. The van der Waals surface area contributed by atoms with Gasteiger partial charge in [0, 0.05) is 36.1 Å².